The van der Waals surface area contributed by atoms with Gasteiger partial charge in [-0.25, -0.2) is 0 Å². The van der Waals surface area contributed by atoms with Gasteiger partial charge in [-0.15, -0.1) is 0 Å². The fraction of sp³-hybridized carbons (Fsp3) is 0. The molecule has 0 radical (unpaired) electrons. The van der Waals surface area contributed by atoms with Gasteiger partial charge in [0.05, 0.1) is 0 Å². The van der Waals surface area contributed by atoms with Crippen molar-refractivity contribution in [1.29, 1.82) is 0 Å². The van der Waals surface area contributed by atoms with E-state index in [4.69, 9.17) is 15.4 Å². The van der Waals surface area contributed by atoms with Crippen molar-refractivity contribution in [2.24, 2.45) is 3.15 Å². The molecule has 0 amide bonds. The average molecular weight is 488 g/mol. The van der Waals surface area contributed by atoms with Crippen LogP contribution in [-0.4, -0.2) is 22.8 Å². The third-order valence-electron chi connectivity index (χ3n) is 5.28. The molecule has 0 bridgehead atoms. The SMILES string of the molecule is S=C=[N][Sb]([c]1ccccc1)([c]1ccccc1)([c]1ccccc1)[c]1ccccc1. The molecule has 0 N–H and O–H groups in total. The Balaban J connectivity index is 2.34. The van der Waals surface area contributed by atoms with E-state index in [9.17, 15) is 0 Å². The Morgan fingerprint density at radius 2 is 0.714 bits per heavy atom. The van der Waals surface area contributed by atoms with Gasteiger partial charge in [0.2, 0.25) is 0 Å². The van der Waals surface area contributed by atoms with Crippen LogP contribution in [0.25, 0.3) is 0 Å². The van der Waals surface area contributed by atoms with Crippen LogP contribution in [0, 0.1) is 0 Å². The van der Waals surface area contributed by atoms with Gasteiger partial charge < -0.3 is 0 Å². The average Bonchev–Trinajstić information content (AvgIpc) is 2.80. The molecule has 0 aromatic heterocycles. The molecule has 0 atom stereocenters. The summed E-state index contributed by atoms with van der Waals surface area (Å²) in [5.74, 6) is 0. The fourth-order valence-corrected chi connectivity index (χ4v) is 20.7. The molecule has 28 heavy (non-hydrogen) atoms. The second kappa shape index (κ2) is 7.85. The summed E-state index contributed by atoms with van der Waals surface area (Å²) in [6.45, 7) is 0. The maximum absolute atomic E-state index is 5.31. The first-order valence-electron chi connectivity index (χ1n) is 9.16. The van der Waals surface area contributed by atoms with Crippen LogP contribution in [0.3, 0.4) is 0 Å². The van der Waals surface area contributed by atoms with Crippen LogP contribution in [0.2, 0.25) is 0 Å². The molecule has 1 nitrogen and oxygen atoms in total. The van der Waals surface area contributed by atoms with Gasteiger partial charge in [-0.1, -0.05) is 0 Å². The Labute approximate surface area is 172 Å². The van der Waals surface area contributed by atoms with E-state index in [1.807, 2.05) is 0 Å². The molecular formula is C25H20NSSb. The molecule has 3 heteroatoms. The van der Waals surface area contributed by atoms with E-state index >= 15 is 0 Å². The second-order valence-corrected chi connectivity index (χ2v) is 19.4. The molecule has 0 aliphatic rings. The number of hydrogen-bond donors (Lipinski definition) is 0. The molecule has 0 fully saturated rings. The molecule has 0 saturated heterocycles. The molecule has 4 rings (SSSR count). The molecule has 0 saturated carbocycles. The molecule has 136 valence electrons. The van der Waals surface area contributed by atoms with Crippen LogP contribution in [0.5, 0.6) is 0 Å². The molecular weight excluding hydrogens is 468 g/mol. The Morgan fingerprint density at radius 3 is 0.929 bits per heavy atom. The Morgan fingerprint density at radius 1 is 0.464 bits per heavy atom. The number of rotatable bonds is 5. The molecule has 0 heterocycles. The van der Waals surface area contributed by atoms with E-state index in [0.29, 0.717) is 0 Å². The van der Waals surface area contributed by atoms with Gasteiger partial charge in [0.15, 0.2) is 0 Å². The summed E-state index contributed by atoms with van der Waals surface area (Å²) in [7, 11) is 0. The van der Waals surface area contributed by atoms with Crippen LogP contribution >= 0.6 is 12.2 Å². The summed E-state index contributed by atoms with van der Waals surface area (Å²) < 4.78 is 10.1. The molecule has 0 aliphatic heterocycles. The van der Waals surface area contributed by atoms with Crippen LogP contribution in [-0.2, 0) is 0 Å². The predicted octanol–water partition coefficient (Wildman–Crippen LogP) is 3.62. The van der Waals surface area contributed by atoms with Crippen molar-refractivity contribution in [1.82, 2.24) is 0 Å². The zero-order valence-corrected chi connectivity index (χ0v) is 18.7. The van der Waals surface area contributed by atoms with E-state index in [-0.39, 0.29) is 0 Å². The summed E-state index contributed by atoms with van der Waals surface area (Å²) in [4.78, 5) is 0. The topological polar surface area (TPSA) is 12.4 Å². The van der Waals surface area contributed by atoms with Gasteiger partial charge in [0, 0.05) is 0 Å². The standard InChI is InChI=1S/4C6H5.CNS.Sb/c4*1-2-4-6-5-3-1;2-1-3;/h4*1-5H;;/q;;;;-1;+1. The van der Waals surface area contributed by atoms with Crippen LogP contribution in [0.15, 0.2) is 124 Å². The third-order valence-corrected chi connectivity index (χ3v) is 22.1. The summed E-state index contributed by atoms with van der Waals surface area (Å²) in [6.07, 6.45) is 0. The van der Waals surface area contributed by atoms with E-state index in [2.05, 4.69) is 126 Å². The zero-order chi connectivity index (χ0) is 19.3. The predicted molar refractivity (Wildman–Crippen MR) is 125 cm³/mol. The van der Waals surface area contributed by atoms with Gasteiger partial charge in [0.1, 0.15) is 0 Å². The zero-order valence-electron chi connectivity index (χ0n) is 15.3. The monoisotopic (exact) mass is 487 g/mol. The number of benzene rings is 4. The van der Waals surface area contributed by atoms with Crippen molar-refractivity contribution in [3.8, 4) is 0 Å². The quantitative estimate of drug-likeness (QED) is 0.238. The number of isothiocyanates is 1. The summed E-state index contributed by atoms with van der Waals surface area (Å²) >= 11 is 0.714. The minimum absolute atomic E-state index is 1.22. The summed E-state index contributed by atoms with van der Waals surface area (Å²) in [5.41, 5.74) is 0. The van der Waals surface area contributed by atoms with Crippen molar-refractivity contribution < 1.29 is 0 Å². The van der Waals surface area contributed by atoms with Gasteiger partial charge in [0.25, 0.3) is 0 Å². The van der Waals surface area contributed by atoms with Crippen molar-refractivity contribution in [2.45, 2.75) is 0 Å². The summed E-state index contributed by atoms with van der Waals surface area (Å²) in [6, 6.07) is 42.5. The molecule has 4 aromatic carbocycles. The van der Waals surface area contributed by atoms with Gasteiger partial charge >= 0.3 is 174 Å². The first kappa shape index (κ1) is 18.8. The van der Waals surface area contributed by atoms with Crippen molar-refractivity contribution >= 4 is 49.1 Å². The van der Waals surface area contributed by atoms with Gasteiger partial charge in [-0.05, 0) is 0 Å². The minimum atomic E-state index is -4.59. The molecule has 0 aliphatic carbocycles. The van der Waals surface area contributed by atoms with E-state index in [0.717, 1.165) is 0 Å². The van der Waals surface area contributed by atoms with Crippen molar-refractivity contribution in [3.63, 3.8) is 0 Å². The van der Waals surface area contributed by atoms with Crippen LogP contribution < -0.4 is 14.0 Å². The number of nitrogens with zero attached hydrogens (tertiary/aromatic N) is 1. The Kier molecular flexibility index (Phi) is 5.29. The first-order valence-corrected chi connectivity index (χ1v) is 15.8. The Hall–Kier alpha value is -2.50. The normalized spacial score (nSPS) is 12.4. The third kappa shape index (κ3) is 2.69. The molecule has 4 aromatic rings. The van der Waals surface area contributed by atoms with Crippen LogP contribution in [0.4, 0.5) is 0 Å². The van der Waals surface area contributed by atoms with Gasteiger partial charge in [-0.3, -0.25) is 0 Å². The van der Waals surface area contributed by atoms with Crippen LogP contribution in [0.1, 0.15) is 0 Å². The van der Waals surface area contributed by atoms with E-state index in [1.54, 1.807) is 0 Å². The van der Waals surface area contributed by atoms with E-state index in [1.165, 1.54) is 14.0 Å². The fourth-order valence-electron chi connectivity index (χ4n) is 4.08. The van der Waals surface area contributed by atoms with Gasteiger partial charge in [-0.2, -0.15) is 0 Å². The Bertz CT molecular complexity index is 937. The van der Waals surface area contributed by atoms with Crippen molar-refractivity contribution in [2.75, 3.05) is 0 Å². The summed E-state index contributed by atoms with van der Waals surface area (Å²) in [5, 5.41) is 2.84. The molecule has 0 unspecified atom stereocenters. The molecule has 0 spiro atoms. The van der Waals surface area contributed by atoms with Crippen molar-refractivity contribution in [3.05, 3.63) is 121 Å². The van der Waals surface area contributed by atoms with E-state index < -0.39 is 17.7 Å². The number of thiocarbonyl (C=S) groups is 1. The number of hydrogen-bond acceptors (Lipinski definition) is 2. The maximum atomic E-state index is 5.31. The second-order valence-electron chi connectivity index (χ2n) is 6.60. The first-order chi connectivity index (χ1) is 13.8.